The van der Waals surface area contributed by atoms with Crippen LogP contribution in [0.15, 0.2) is 12.3 Å². The van der Waals surface area contributed by atoms with Crippen molar-refractivity contribution in [2.24, 2.45) is 0 Å². The lowest BCUT2D eigenvalue weighted by Crippen LogP contribution is -2.55. The van der Waals surface area contributed by atoms with Gasteiger partial charge >= 0.3 is 5.97 Å². The van der Waals surface area contributed by atoms with E-state index in [-0.39, 0.29) is 12.0 Å². The maximum atomic E-state index is 12.4. The summed E-state index contributed by atoms with van der Waals surface area (Å²) in [6.07, 6.45) is 5.67. The largest absolute Gasteiger partial charge is 0.465 e. The molecule has 20 heavy (non-hydrogen) atoms. The molecule has 1 aromatic rings. The molecule has 2 atom stereocenters. The van der Waals surface area contributed by atoms with Gasteiger partial charge in [0.15, 0.2) is 0 Å². The molecular weight excluding hydrogens is 254 g/mol. The van der Waals surface area contributed by atoms with Crippen molar-refractivity contribution >= 4 is 5.97 Å². The SMILES string of the molecule is CCNC1(C(=O)OCC)CCCC(n2ccc(C)n2)C1. The Kier molecular flexibility index (Phi) is 4.81. The maximum Gasteiger partial charge on any atom is 0.326 e. The first-order valence-electron chi connectivity index (χ1n) is 7.55. The molecule has 2 unspecified atom stereocenters. The molecule has 0 radical (unpaired) electrons. The van der Waals surface area contributed by atoms with Crippen molar-refractivity contribution < 1.29 is 9.53 Å². The summed E-state index contributed by atoms with van der Waals surface area (Å²) in [5.41, 5.74) is 0.467. The van der Waals surface area contributed by atoms with Crippen molar-refractivity contribution in [3.63, 3.8) is 0 Å². The van der Waals surface area contributed by atoms with Crippen LogP contribution in [0.1, 0.15) is 51.3 Å². The normalized spacial score (nSPS) is 26.4. The first-order chi connectivity index (χ1) is 9.61. The molecule has 5 heteroatoms. The lowest BCUT2D eigenvalue weighted by atomic mass is 9.79. The van der Waals surface area contributed by atoms with Crippen molar-refractivity contribution in [2.45, 2.75) is 58.0 Å². The minimum Gasteiger partial charge on any atom is -0.465 e. The zero-order chi connectivity index (χ0) is 14.6. The first kappa shape index (κ1) is 15.0. The van der Waals surface area contributed by atoms with E-state index in [0.717, 1.165) is 37.9 Å². The second-order valence-corrected chi connectivity index (χ2v) is 5.52. The minimum absolute atomic E-state index is 0.115. The number of carbonyl (C=O) groups excluding carboxylic acids is 1. The van der Waals surface area contributed by atoms with Gasteiger partial charge in [0.25, 0.3) is 0 Å². The summed E-state index contributed by atoms with van der Waals surface area (Å²) < 4.78 is 7.30. The molecule has 1 aromatic heterocycles. The topological polar surface area (TPSA) is 56.1 Å². The zero-order valence-electron chi connectivity index (χ0n) is 12.7. The van der Waals surface area contributed by atoms with Gasteiger partial charge < -0.3 is 10.1 Å². The van der Waals surface area contributed by atoms with E-state index < -0.39 is 5.54 Å². The third-order valence-corrected chi connectivity index (χ3v) is 4.02. The van der Waals surface area contributed by atoms with Crippen LogP contribution in [0.25, 0.3) is 0 Å². The highest BCUT2D eigenvalue weighted by molar-refractivity contribution is 5.81. The van der Waals surface area contributed by atoms with Gasteiger partial charge in [0.05, 0.1) is 18.3 Å². The second kappa shape index (κ2) is 6.39. The van der Waals surface area contributed by atoms with E-state index in [4.69, 9.17) is 4.74 Å². The van der Waals surface area contributed by atoms with E-state index in [1.165, 1.54) is 0 Å². The summed E-state index contributed by atoms with van der Waals surface area (Å²) >= 11 is 0. The van der Waals surface area contributed by atoms with Gasteiger partial charge in [0, 0.05) is 6.20 Å². The lowest BCUT2D eigenvalue weighted by molar-refractivity contribution is -0.153. The Balaban J connectivity index is 2.18. The van der Waals surface area contributed by atoms with Crippen molar-refractivity contribution in [1.29, 1.82) is 0 Å². The fourth-order valence-electron chi connectivity index (χ4n) is 3.13. The van der Waals surface area contributed by atoms with Crippen LogP contribution >= 0.6 is 0 Å². The predicted molar refractivity (Wildman–Crippen MR) is 77.5 cm³/mol. The van der Waals surface area contributed by atoms with Gasteiger partial charge in [-0.2, -0.15) is 5.10 Å². The Morgan fingerprint density at radius 2 is 2.40 bits per heavy atom. The van der Waals surface area contributed by atoms with Crippen LogP contribution in [0.2, 0.25) is 0 Å². The summed E-state index contributed by atoms with van der Waals surface area (Å²) in [4.78, 5) is 12.4. The van der Waals surface area contributed by atoms with Gasteiger partial charge in [-0.3, -0.25) is 9.48 Å². The quantitative estimate of drug-likeness (QED) is 0.840. The predicted octanol–water partition coefficient (Wildman–Crippen LogP) is 2.22. The number of rotatable bonds is 5. The molecular formula is C15H25N3O2. The Morgan fingerprint density at radius 3 is 3.00 bits per heavy atom. The molecule has 0 saturated heterocycles. The van der Waals surface area contributed by atoms with E-state index in [0.29, 0.717) is 6.61 Å². The van der Waals surface area contributed by atoms with Crippen LogP contribution < -0.4 is 5.32 Å². The third-order valence-electron chi connectivity index (χ3n) is 4.02. The molecule has 2 rings (SSSR count). The van der Waals surface area contributed by atoms with Crippen LogP contribution in [-0.4, -0.2) is 34.4 Å². The Bertz CT molecular complexity index is 454. The molecule has 1 N–H and O–H groups in total. The molecule has 5 nitrogen and oxygen atoms in total. The molecule has 1 saturated carbocycles. The van der Waals surface area contributed by atoms with Crippen molar-refractivity contribution in [2.75, 3.05) is 13.2 Å². The zero-order valence-corrected chi connectivity index (χ0v) is 12.7. The molecule has 0 aliphatic heterocycles. The van der Waals surface area contributed by atoms with E-state index in [1.807, 2.05) is 37.7 Å². The number of hydrogen-bond acceptors (Lipinski definition) is 4. The van der Waals surface area contributed by atoms with Gasteiger partial charge in [-0.05, 0) is 52.1 Å². The summed E-state index contributed by atoms with van der Waals surface area (Å²) in [6, 6.07) is 2.27. The number of aromatic nitrogens is 2. The lowest BCUT2D eigenvalue weighted by Gasteiger charge is -2.39. The van der Waals surface area contributed by atoms with Gasteiger partial charge in [-0.25, -0.2) is 0 Å². The molecule has 1 aliphatic rings. The summed E-state index contributed by atoms with van der Waals surface area (Å²) in [5.74, 6) is -0.115. The molecule has 112 valence electrons. The van der Waals surface area contributed by atoms with E-state index in [1.54, 1.807) is 0 Å². The van der Waals surface area contributed by atoms with Gasteiger partial charge in [0.2, 0.25) is 0 Å². The minimum atomic E-state index is -0.548. The fraction of sp³-hybridized carbons (Fsp3) is 0.733. The van der Waals surface area contributed by atoms with Gasteiger partial charge in [0.1, 0.15) is 5.54 Å². The highest BCUT2D eigenvalue weighted by atomic mass is 16.5. The highest BCUT2D eigenvalue weighted by Crippen LogP contribution is 2.36. The average molecular weight is 279 g/mol. The van der Waals surface area contributed by atoms with Crippen LogP contribution in [0.4, 0.5) is 0 Å². The molecule has 0 aromatic carbocycles. The summed E-state index contributed by atoms with van der Waals surface area (Å²) in [5, 5.41) is 7.88. The van der Waals surface area contributed by atoms with Crippen LogP contribution in [0, 0.1) is 6.92 Å². The third kappa shape index (κ3) is 3.03. The maximum absolute atomic E-state index is 12.4. The molecule has 0 amide bonds. The van der Waals surface area contributed by atoms with Crippen LogP contribution in [0.3, 0.4) is 0 Å². The molecule has 0 spiro atoms. The van der Waals surface area contributed by atoms with Crippen molar-refractivity contribution in [1.82, 2.24) is 15.1 Å². The summed E-state index contributed by atoms with van der Waals surface area (Å²) in [6.45, 7) is 7.07. The number of nitrogens with zero attached hydrogens (tertiary/aromatic N) is 2. The Labute approximate surface area is 120 Å². The molecule has 0 bridgehead atoms. The van der Waals surface area contributed by atoms with Gasteiger partial charge in [-0.15, -0.1) is 0 Å². The highest BCUT2D eigenvalue weighted by Gasteiger charge is 2.44. The van der Waals surface area contributed by atoms with E-state index in [2.05, 4.69) is 10.4 Å². The summed E-state index contributed by atoms with van der Waals surface area (Å²) in [7, 11) is 0. The number of nitrogens with one attached hydrogen (secondary N) is 1. The van der Waals surface area contributed by atoms with Gasteiger partial charge in [-0.1, -0.05) is 6.92 Å². The molecule has 1 heterocycles. The van der Waals surface area contributed by atoms with Crippen molar-refractivity contribution in [3.8, 4) is 0 Å². The molecule has 1 fully saturated rings. The van der Waals surface area contributed by atoms with Crippen molar-refractivity contribution in [3.05, 3.63) is 18.0 Å². The number of aryl methyl sites for hydroxylation is 1. The monoisotopic (exact) mass is 279 g/mol. The van der Waals surface area contributed by atoms with Crippen LogP contribution in [-0.2, 0) is 9.53 Å². The van der Waals surface area contributed by atoms with Crippen LogP contribution in [0.5, 0.6) is 0 Å². The first-order valence-corrected chi connectivity index (χ1v) is 7.55. The Morgan fingerprint density at radius 1 is 1.60 bits per heavy atom. The van der Waals surface area contributed by atoms with E-state index >= 15 is 0 Å². The average Bonchev–Trinajstić information content (AvgIpc) is 2.86. The number of hydrogen-bond donors (Lipinski definition) is 1. The Hall–Kier alpha value is -1.36. The molecule has 1 aliphatic carbocycles. The fourth-order valence-corrected chi connectivity index (χ4v) is 3.13. The number of likely N-dealkylation sites (N-methyl/N-ethyl adjacent to an activating group) is 1. The standard InChI is InChI=1S/C15H25N3O2/c1-4-16-15(14(19)20-5-2)9-6-7-13(11-15)18-10-8-12(3)17-18/h8,10,13,16H,4-7,9,11H2,1-3H3. The second-order valence-electron chi connectivity index (χ2n) is 5.52. The van der Waals surface area contributed by atoms with E-state index in [9.17, 15) is 4.79 Å². The number of esters is 1. The number of ether oxygens (including phenoxy) is 1. The smallest absolute Gasteiger partial charge is 0.326 e. The number of carbonyl (C=O) groups is 1.